The van der Waals surface area contributed by atoms with Crippen LogP contribution in [0.3, 0.4) is 0 Å². The molecule has 6 aliphatic rings. The van der Waals surface area contributed by atoms with E-state index in [0.717, 1.165) is 180 Å². The van der Waals surface area contributed by atoms with E-state index in [0.29, 0.717) is 5.75 Å². The molecule has 20 rings (SSSR count). The van der Waals surface area contributed by atoms with Crippen LogP contribution in [-0.4, -0.2) is 20.1 Å². The summed E-state index contributed by atoms with van der Waals surface area (Å²) in [6.45, 7) is 5.80. The molecule has 99 heavy (non-hydrogen) atoms. The van der Waals surface area contributed by atoms with Crippen molar-refractivity contribution in [3.8, 4) is 57.5 Å². The van der Waals surface area contributed by atoms with Gasteiger partial charge in [-0.2, -0.15) is 0 Å². The zero-order chi connectivity index (χ0) is 65.6. The number of anilines is 12. The maximum Gasteiger partial charge on any atom is 0.260 e. The van der Waals surface area contributed by atoms with Crippen LogP contribution in [0.1, 0.15) is 16.7 Å². The molecule has 0 saturated carbocycles. The number of para-hydroxylation sites is 8. The highest BCUT2D eigenvalue weighted by molar-refractivity contribution is 7.03. The highest BCUT2D eigenvalue weighted by atomic mass is 16.5. The fourth-order valence-corrected chi connectivity index (χ4v) is 16.5. The number of hydrogen-bond acceptors (Lipinski definition) is 9. The normalized spacial score (nSPS) is 13.1. The topological polar surface area (TPSA) is 59.1 Å². The fraction of sp³-hybridized carbons (Fsp3) is 0.0345. The van der Waals surface area contributed by atoms with Gasteiger partial charge in [0, 0.05) is 98.9 Å². The number of ether oxygens (including phenoxy) is 5. The van der Waals surface area contributed by atoms with Crippen LogP contribution >= 0.6 is 0 Å². The third kappa shape index (κ3) is 8.98. The smallest absolute Gasteiger partial charge is 0.260 e. The lowest BCUT2D eigenvalue weighted by molar-refractivity contribution is 0.456. The van der Waals surface area contributed by atoms with Gasteiger partial charge < -0.3 is 43.3 Å². The number of hydrogen-bond donors (Lipinski definition) is 0. The van der Waals surface area contributed by atoms with Gasteiger partial charge in [-0.1, -0.05) is 175 Å². The summed E-state index contributed by atoms with van der Waals surface area (Å²) in [5.74, 6) is 7.52. The van der Waals surface area contributed by atoms with Gasteiger partial charge >= 0.3 is 0 Å². The van der Waals surface area contributed by atoms with E-state index in [1.807, 2.05) is 0 Å². The molecule has 0 radical (unpaired) electrons. The minimum Gasteiger partial charge on any atom is -0.458 e. The van der Waals surface area contributed by atoms with Gasteiger partial charge in [0.25, 0.3) is 20.1 Å². The first-order valence-electron chi connectivity index (χ1n) is 33.9. The van der Waals surface area contributed by atoms with Crippen molar-refractivity contribution in [3.05, 3.63) is 320 Å². The van der Waals surface area contributed by atoms with Crippen LogP contribution in [0.2, 0.25) is 0 Å². The van der Waals surface area contributed by atoms with Gasteiger partial charge in [0.05, 0.1) is 22.7 Å². The molecule has 14 aromatic rings. The van der Waals surface area contributed by atoms with E-state index in [4.69, 9.17) is 23.7 Å². The standard InChI is InChI=1S/C87H59B3N4O5/c1-54-42-55(2)87(56(3)43-54)94-72-52-76-69(88-66-38-22-24-40-74(66)95-80-46-64(48-82(97-76)85(80)88)92(59-30-14-6-15-31-59)60-32-16-7-17-33-60)50-68(72)90-71-51-70-77(53-78(71)98-79-45-63(44-73(94)84(79)90)91(57-26-10-4-11-27-57)58-28-12-5-13-29-58)99-83-49-65(47-81-86(83)89(70)67-39-23-25-41-75(67)96-81)93(61-34-18-8-19-35-61)62-36-20-9-21-37-62/h4-53H,1-3H3. The van der Waals surface area contributed by atoms with Crippen molar-refractivity contribution < 1.29 is 23.7 Å². The molecule has 9 nitrogen and oxygen atoms in total. The molecule has 0 unspecified atom stereocenters. The number of nitrogens with zero attached hydrogens (tertiary/aromatic N) is 4. The molecule has 0 atom stereocenters. The molecule has 0 fully saturated rings. The maximum absolute atomic E-state index is 7.73. The molecular weight excluding hydrogens is 1210 g/mol. The first-order valence-corrected chi connectivity index (χ1v) is 33.9. The van der Waals surface area contributed by atoms with E-state index in [1.54, 1.807) is 0 Å². The molecular formula is C87H59B3N4O5. The molecule has 12 heteroatoms. The monoisotopic (exact) mass is 1270 g/mol. The summed E-state index contributed by atoms with van der Waals surface area (Å²) in [5.41, 5.74) is 24.8. The average Bonchev–Trinajstić information content (AvgIpc) is 0.694. The van der Waals surface area contributed by atoms with Crippen molar-refractivity contribution >= 4 is 138 Å². The number of aryl methyl sites for hydroxylation is 3. The summed E-state index contributed by atoms with van der Waals surface area (Å²) >= 11 is 0. The quantitative estimate of drug-likeness (QED) is 0.125. The van der Waals surface area contributed by atoms with Crippen molar-refractivity contribution in [2.24, 2.45) is 0 Å². The van der Waals surface area contributed by atoms with E-state index >= 15 is 0 Å². The summed E-state index contributed by atoms with van der Waals surface area (Å²) in [4.78, 5) is 9.39. The summed E-state index contributed by atoms with van der Waals surface area (Å²) in [5, 5.41) is 0. The van der Waals surface area contributed by atoms with Crippen LogP contribution in [0.5, 0.6) is 57.5 Å². The summed E-state index contributed by atoms with van der Waals surface area (Å²) in [6, 6.07) is 108. The lowest BCUT2D eigenvalue weighted by Gasteiger charge is -2.43. The Hall–Kier alpha value is -12.5. The van der Waals surface area contributed by atoms with E-state index in [-0.39, 0.29) is 20.1 Å². The zero-order valence-corrected chi connectivity index (χ0v) is 54.4. The Morgan fingerprint density at radius 2 is 0.535 bits per heavy atom. The molecule has 0 aromatic heterocycles. The Morgan fingerprint density at radius 3 is 0.919 bits per heavy atom. The Labute approximate surface area is 575 Å². The van der Waals surface area contributed by atoms with Gasteiger partial charge in [0.15, 0.2) is 0 Å². The highest BCUT2D eigenvalue weighted by Gasteiger charge is 2.49. The molecule has 466 valence electrons. The van der Waals surface area contributed by atoms with Gasteiger partial charge in [-0.3, -0.25) is 0 Å². The van der Waals surface area contributed by atoms with E-state index in [1.165, 1.54) is 5.56 Å². The second-order valence-electron chi connectivity index (χ2n) is 26.5. The van der Waals surface area contributed by atoms with Crippen molar-refractivity contribution in [2.45, 2.75) is 20.8 Å². The van der Waals surface area contributed by atoms with Crippen molar-refractivity contribution in [1.82, 2.24) is 0 Å². The van der Waals surface area contributed by atoms with Gasteiger partial charge in [0.2, 0.25) is 0 Å². The van der Waals surface area contributed by atoms with Crippen molar-refractivity contribution in [3.63, 3.8) is 0 Å². The molecule has 0 amide bonds. The Bertz CT molecular complexity index is 5490. The van der Waals surface area contributed by atoms with Crippen LogP contribution in [0.15, 0.2) is 303 Å². The summed E-state index contributed by atoms with van der Waals surface area (Å²) in [6.07, 6.45) is 0. The van der Waals surface area contributed by atoms with E-state index in [9.17, 15) is 0 Å². The first kappa shape index (κ1) is 56.8. The second kappa shape index (κ2) is 22.3. The fourth-order valence-electron chi connectivity index (χ4n) is 16.5. The minimum absolute atomic E-state index is 0.258. The molecule has 0 spiro atoms. The van der Waals surface area contributed by atoms with Gasteiger partial charge in [-0.25, -0.2) is 0 Å². The lowest BCUT2D eigenvalue weighted by Crippen LogP contribution is -2.64. The minimum atomic E-state index is -0.366. The molecule has 14 aromatic carbocycles. The SMILES string of the molecule is Cc1cc(C)c(N2c3cc4c(cc3B3c5cc6c(cc5Oc5cc(N(c7ccccc7)c7ccccc7)cc2c53)Oc2cc(N(c3ccccc3)c3ccccc3)cc3c2B6c2ccccc2O3)B2c3ccccc3Oc3cc(N(c5ccccc5)c5ccccc5)cc(c32)O4)c(C)c1. The average molecular weight is 1270 g/mol. The van der Waals surface area contributed by atoms with Crippen molar-refractivity contribution in [1.29, 1.82) is 0 Å². The molecule has 0 saturated heterocycles. The number of fused-ring (bicyclic) bond motifs is 12. The Kier molecular flexibility index (Phi) is 12.8. The molecule has 0 N–H and O–H groups in total. The van der Waals surface area contributed by atoms with Crippen molar-refractivity contribution in [2.75, 3.05) is 19.6 Å². The van der Waals surface area contributed by atoms with Crippen LogP contribution in [-0.2, 0) is 0 Å². The van der Waals surface area contributed by atoms with E-state index < -0.39 is 0 Å². The van der Waals surface area contributed by atoms with Gasteiger partial charge in [-0.15, -0.1) is 0 Å². The molecule has 6 heterocycles. The summed E-state index contributed by atoms with van der Waals surface area (Å²) in [7, 11) is 0. The molecule has 6 aliphatic heterocycles. The van der Waals surface area contributed by atoms with Crippen LogP contribution in [0, 0.1) is 20.8 Å². The summed E-state index contributed by atoms with van der Waals surface area (Å²) < 4.78 is 37.0. The predicted molar refractivity (Wildman–Crippen MR) is 406 cm³/mol. The Morgan fingerprint density at radius 1 is 0.232 bits per heavy atom. The molecule has 0 aliphatic carbocycles. The van der Waals surface area contributed by atoms with Crippen LogP contribution in [0.4, 0.5) is 68.2 Å². The predicted octanol–water partition coefficient (Wildman–Crippen LogP) is 16.9. The second-order valence-corrected chi connectivity index (χ2v) is 26.5. The Balaban J connectivity index is 0.841. The first-order chi connectivity index (χ1) is 48.8. The van der Waals surface area contributed by atoms with Gasteiger partial charge in [0.1, 0.15) is 57.5 Å². The number of rotatable bonds is 10. The zero-order valence-electron chi connectivity index (χ0n) is 54.4. The lowest BCUT2D eigenvalue weighted by atomic mass is 9.30. The maximum atomic E-state index is 7.73. The third-order valence-corrected chi connectivity index (χ3v) is 20.5. The van der Waals surface area contributed by atoms with Gasteiger partial charge in [-0.05, 0) is 161 Å². The van der Waals surface area contributed by atoms with Crippen LogP contribution < -0.4 is 92.4 Å². The largest absolute Gasteiger partial charge is 0.458 e. The molecule has 0 bridgehead atoms. The highest BCUT2D eigenvalue weighted by Crippen LogP contribution is 2.51. The van der Waals surface area contributed by atoms with E-state index in [2.05, 4.69) is 344 Å². The van der Waals surface area contributed by atoms with Crippen LogP contribution in [0.25, 0.3) is 0 Å². The third-order valence-electron chi connectivity index (χ3n) is 20.5. The number of benzene rings is 14.